The minimum atomic E-state index is -0.589. The number of hydrogen-bond donors (Lipinski definition) is 2. The Morgan fingerprint density at radius 1 is 1.24 bits per heavy atom. The predicted octanol–water partition coefficient (Wildman–Crippen LogP) is 2.78. The number of amidine groups is 1. The number of hydrogen-bond acceptors (Lipinski definition) is 4. The fourth-order valence-electron chi connectivity index (χ4n) is 1.75. The van der Waals surface area contributed by atoms with Crippen molar-refractivity contribution in [2.45, 2.75) is 0 Å². The molecule has 0 aliphatic carbocycles. The zero-order valence-electron chi connectivity index (χ0n) is 11.7. The summed E-state index contributed by atoms with van der Waals surface area (Å²) in [5.74, 6) is -0.151. The standard InChI is InChI=1S/C15H16FN3O2/c1-19(2)11-4-3-5-12(9-11)21-14-7-6-10(8-13(14)16)15(17)18-20/h3-9,20H,1-2H3,(H2,17,18). The van der Waals surface area contributed by atoms with Crippen LogP contribution in [0.15, 0.2) is 47.6 Å². The third kappa shape index (κ3) is 3.42. The summed E-state index contributed by atoms with van der Waals surface area (Å²) in [6.07, 6.45) is 0. The van der Waals surface area contributed by atoms with Crippen LogP contribution in [0.3, 0.4) is 0 Å². The first kappa shape index (κ1) is 14.6. The number of nitrogens with two attached hydrogens (primary N) is 1. The van der Waals surface area contributed by atoms with E-state index in [-0.39, 0.29) is 17.1 Å². The molecule has 110 valence electrons. The van der Waals surface area contributed by atoms with Gasteiger partial charge in [0.25, 0.3) is 0 Å². The third-order valence-electron chi connectivity index (χ3n) is 2.90. The quantitative estimate of drug-likeness (QED) is 0.393. The van der Waals surface area contributed by atoms with Gasteiger partial charge in [-0.1, -0.05) is 11.2 Å². The van der Waals surface area contributed by atoms with Crippen molar-refractivity contribution in [3.63, 3.8) is 0 Å². The van der Waals surface area contributed by atoms with E-state index in [1.54, 1.807) is 12.1 Å². The van der Waals surface area contributed by atoms with E-state index in [0.29, 0.717) is 5.75 Å². The Labute approximate surface area is 122 Å². The van der Waals surface area contributed by atoms with E-state index in [1.807, 2.05) is 31.1 Å². The number of halogens is 1. The van der Waals surface area contributed by atoms with Gasteiger partial charge in [-0.25, -0.2) is 4.39 Å². The molecule has 0 aliphatic rings. The van der Waals surface area contributed by atoms with E-state index in [0.717, 1.165) is 11.8 Å². The molecule has 0 heterocycles. The fraction of sp³-hybridized carbons (Fsp3) is 0.133. The Bertz CT molecular complexity index is 672. The summed E-state index contributed by atoms with van der Waals surface area (Å²) in [4.78, 5) is 1.92. The lowest BCUT2D eigenvalue weighted by molar-refractivity contribution is 0.318. The Balaban J connectivity index is 2.26. The van der Waals surface area contributed by atoms with E-state index in [1.165, 1.54) is 12.1 Å². The van der Waals surface area contributed by atoms with Gasteiger partial charge in [-0.15, -0.1) is 0 Å². The van der Waals surface area contributed by atoms with Crippen LogP contribution in [0.2, 0.25) is 0 Å². The molecule has 0 saturated carbocycles. The van der Waals surface area contributed by atoms with Crippen LogP contribution >= 0.6 is 0 Å². The van der Waals surface area contributed by atoms with Gasteiger partial charge < -0.3 is 20.6 Å². The molecule has 0 spiro atoms. The van der Waals surface area contributed by atoms with Crippen molar-refractivity contribution in [2.75, 3.05) is 19.0 Å². The minimum absolute atomic E-state index is 0.0698. The van der Waals surface area contributed by atoms with Crippen LogP contribution in [0.1, 0.15) is 5.56 Å². The van der Waals surface area contributed by atoms with E-state index >= 15 is 0 Å². The summed E-state index contributed by atoms with van der Waals surface area (Å²) in [7, 11) is 3.82. The van der Waals surface area contributed by atoms with Gasteiger partial charge in [0.2, 0.25) is 0 Å². The number of rotatable bonds is 4. The maximum atomic E-state index is 14.0. The van der Waals surface area contributed by atoms with Crippen molar-refractivity contribution in [1.29, 1.82) is 0 Å². The average Bonchev–Trinajstić information content (AvgIpc) is 2.48. The Kier molecular flexibility index (Phi) is 4.27. The monoisotopic (exact) mass is 289 g/mol. The van der Waals surface area contributed by atoms with Crippen LogP contribution < -0.4 is 15.4 Å². The number of ether oxygens (including phenoxy) is 1. The second kappa shape index (κ2) is 6.13. The van der Waals surface area contributed by atoms with Gasteiger partial charge in [-0.05, 0) is 30.3 Å². The van der Waals surface area contributed by atoms with Crippen LogP contribution in [0.4, 0.5) is 10.1 Å². The molecule has 0 fully saturated rings. The summed E-state index contributed by atoms with van der Waals surface area (Å²) >= 11 is 0. The molecular weight excluding hydrogens is 273 g/mol. The number of nitrogens with zero attached hydrogens (tertiary/aromatic N) is 2. The van der Waals surface area contributed by atoms with Gasteiger partial charge in [-0.2, -0.15) is 0 Å². The van der Waals surface area contributed by atoms with E-state index < -0.39 is 5.82 Å². The number of benzene rings is 2. The predicted molar refractivity (Wildman–Crippen MR) is 79.8 cm³/mol. The molecule has 21 heavy (non-hydrogen) atoms. The molecule has 2 aromatic rings. The van der Waals surface area contributed by atoms with Gasteiger partial charge in [-0.3, -0.25) is 0 Å². The summed E-state index contributed by atoms with van der Waals surface area (Å²) in [6, 6.07) is 11.4. The molecule has 6 heteroatoms. The second-order valence-corrected chi connectivity index (χ2v) is 4.62. The lowest BCUT2D eigenvalue weighted by atomic mass is 10.2. The van der Waals surface area contributed by atoms with E-state index in [4.69, 9.17) is 15.7 Å². The van der Waals surface area contributed by atoms with Gasteiger partial charge in [0.05, 0.1) is 0 Å². The Morgan fingerprint density at radius 2 is 2.00 bits per heavy atom. The van der Waals surface area contributed by atoms with Gasteiger partial charge in [0.15, 0.2) is 17.4 Å². The highest BCUT2D eigenvalue weighted by Crippen LogP contribution is 2.27. The van der Waals surface area contributed by atoms with Gasteiger partial charge in [0.1, 0.15) is 5.75 Å². The van der Waals surface area contributed by atoms with Gasteiger partial charge in [0, 0.05) is 31.4 Å². The first-order valence-corrected chi connectivity index (χ1v) is 6.24. The maximum absolute atomic E-state index is 14.0. The van der Waals surface area contributed by atoms with Crippen molar-refractivity contribution in [3.05, 3.63) is 53.8 Å². The molecule has 0 atom stereocenters. The highest BCUT2D eigenvalue weighted by Gasteiger charge is 2.09. The highest BCUT2D eigenvalue weighted by molar-refractivity contribution is 5.97. The second-order valence-electron chi connectivity index (χ2n) is 4.62. The molecule has 0 unspecified atom stereocenters. The van der Waals surface area contributed by atoms with Crippen LogP contribution in [0, 0.1) is 5.82 Å². The van der Waals surface area contributed by atoms with Crippen molar-refractivity contribution in [3.8, 4) is 11.5 Å². The van der Waals surface area contributed by atoms with Crippen molar-refractivity contribution < 1.29 is 14.3 Å². The molecule has 0 aliphatic heterocycles. The zero-order chi connectivity index (χ0) is 15.4. The van der Waals surface area contributed by atoms with Gasteiger partial charge >= 0.3 is 0 Å². The van der Waals surface area contributed by atoms with Crippen LogP contribution in [0.5, 0.6) is 11.5 Å². The summed E-state index contributed by atoms with van der Waals surface area (Å²) in [5, 5.41) is 11.4. The normalized spacial score (nSPS) is 11.3. The average molecular weight is 289 g/mol. The molecular formula is C15H16FN3O2. The molecule has 0 bridgehead atoms. The van der Waals surface area contributed by atoms with Crippen molar-refractivity contribution >= 4 is 11.5 Å². The third-order valence-corrected chi connectivity index (χ3v) is 2.90. The largest absolute Gasteiger partial charge is 0.454 e. The lowest BCUT2D eigenvalue weighted by Gasteiger charge is -2.14. The van der Waals surface area contributed by atoms with Crippen molar-refractivity contribution in [2.24, 2.45) is 10.9 Å². The molecule has 0 radical (unpaired) electrons. The molecule has 2 rings (SSSR count). The fourth-order valence-corrected chi connectivity index (χ4v) is 1.75. The van der Waals surface area contributed by atoms with Crippen LogP contribution in [0.25, 0.3) is 0 Å². The van der Waals surface area contributed by atoms with Crippen LogP contribution in [-0.4, -0.2) is 25.1 Å². The maximum Gasteiger partial charge on any atom is 0.170 e. The lowest BCUT2D eigenvalue weighted by Crippen LogP contribution is -2.13. The SMILES string of the molecule is CN(C)c1cccc(Oc2ccc(/C(N)=N/O)cc2F)c1. The highest BCUT2D eigenvalue weighted by atomic mass is 19.1. The van der Waals surface area contributed by atoms with E-state index in [2.05, 4.69) is 5.16 Å². The van der Waals surface area contributed by atoms with E-state index in [9.17, 15) is 4.39 Å². The number of oxime groups is 1. The summed E-state index contributed by atoms with van der Waals surface area (Å²) in [5.41, 5.74) is 6.63. The Hall–Kier alpha value is -2.76. The molecule has 0 saturated heterocycles. The number of anilines is 1. The summed E-state index contributed by atoms with van der Waals surface area (Å²) < 4.78 is 19.5. The molecule has 3 N–H and O–H groups in total. The summed E-state index contributed by atoms with van der Waals surface area (Å²) in [6.45, 7) is 0. The first-order chi connectivity index (χ1) is 10.0. The molecule has 0 amide bonds. The smallest absolute Gasteiger partial charge is 0.170 e. The Morgan fingerprint density at radius 3 is 2.62 bits per heavy atom. The molecule has 5 nitrogen and oxygen atoms in total. The molecule has 2 aromatic carbocycles. The topological polar surface area (TPSA) is 71.1 Å². The van der Waals surface area contributed by atoms with Crippen molar-refractivity contribution in [1.82, 2.24) is 0 Å². The van der Waals surface area contributed by atoms with Crippen LogP contribution in [-0.2, 0) is 0 Å². The first-order valence-electron chi connectivity index (χ1n) is 6.24. The molecule has 0 aromatic heterocycles. The minimum Gasteiger partial charge on any atom is -0.454 e. The zero-order valence-corrected chi connectivity index (χ0v) is 11.7.